The first-order valence-electron chi connectivity index (χ1n) is 9.66. The van der Waals surface area contributed by atoms with Crippen LogP contribution in [0, 0.1) is 5.92 Å². The molecule has 1 saturated heterocycles. The number of nitrogens with one attached hydrogen (secondary N) is 2. The van der Waals surface area contributed by atoms with E-state index in [1.54, 1.807) is 0 Å². The highest BCUT2D eigenvalue weighted by atomic mass is 16.2. The predicted molar refractivity (Wildman–Crippen MR) is 109 cm³/mol. The van der Waals surface area contributed by atoms with Gasteiger partial charge in [-0.3, -0.25) is 4.79 Å². The van der Waals surface area contributed by atoms with Gasteiger partial charge in [0.1, 0.15) is 0 Å². The molecule has 1 fully saturated rings. The van der Waals surface area contributed by atoms with Gasteiger partial charge in [0.2, 0.25) is 0 Å². The maximum atomic E-state index is 12.6. The standard InChI is InChI=1S/C22H29N3O2/c1-22(2,3)24-21(27)25-13-11-16(12-14-25)15-23-20(26)19-10-6-8-17-7-4-5-9-18(17)19/h4-10,16H,11-15H2,1-3H3,(H,23,26)(H,24,27). The molecule has 1 aliphatic rings. The summed E-state index contributed by atoms with van der Waals surface area (Å²) in [6.45, 7) is 8.08. The van der Waals surface area contributed by atoms with Crippen molar-refractivity contribution in [2.24, 2.45) is 5.92 Å². The van der Waals surface area contributed by atoms with E-state index in [0.717, 1.165) is 42.3 Å². The number of carbonyl (C=O) groups excluding carboxylic acids is 2. The third-order valence-electron chi connectivity index (χ3n) is 4.97. The zero-order valence-electron chi connectivity index (χ0n) is 16.4. The van der Waals surface area contributed by atoms with E-state index in [1.165, 1.54) is 0 Å². The highest BCUT2D eigenvalue weighted by Crippen LogP contribution is 2.20. The first-order chi connectivity index (χ1) is 12.8. The molecule has 5 heteroatoms. The maximum Gasteiger partial charge on any atom is 0.317 e. The van der Waals surface area contributed by atoms with Crippen LogP contribution in [0.25, 0.3) is 10.8 Å². The Labute approximate surface area is 161 Å². The van der Waals surface area contributed by atoms with Crippen LogP contribution in [0.2, 0.25) is 0 Å². The molecule has 3 rings (SSSR count). The number of urea groups is 1. The molecule has 2 aromatic carbocycles. The van der Waals surface area contributed by atoms with Crippen molar-refractivity contribution in [3.05, 3.63) is 48.0 Å². The summed E-state index contributed by atoms with van der Waals surface area (Å²) < 4.78 is 0. The number of nitrogens with zero attached hydrogens (tertiary/aromatic N) is 1. The van der Waals surface area contributed by atoms with Crippen LogP contribution in [0.3, 0.4) is 0 Å². The number of likely N-dealkylation sites (tertiary alicyclic amines) is 1. The van der Waals surface area contributed by atoms with Crippen molar-refractivity contribution in [1.29, 1.82) is 0 Å². The number of fused-ring (bicyclic) bond motifs is 1. The average Bonchev–Trinajstić information content (AvgIpc) is 2.64. The van der Waals surface area contributed by atoms with Gasteiger partial charge in [0.15, 0.2) is 0 Å². The van der Waals surface area contributed by atoms with Crippen molar-refractivity contribution >= 4 is 22.7 Å². The van der Waals surface area contributed by atoms with Gasteiger partial charge in [-0.2, -0.15) is 0 Å². The Hall–Kier alpha value is -2.56. The van der Waals surface area contributed by atoms with Crippen LogP contribution in [-0.4, -0.2) is 42.0 Å². The Balaban J connectivity index is 1.51. The molecule has 0 radical (unpaired) electrons. The summed E-state index contributed by atoms with van der Waals surface area (Å²) >= 11 is 0. The largest absolute Gasteiger partial charge is 0.352 e. The fourth-order valence-corrected chi connectivity index (χ4v) is 3.50. The Bertz CT molecular complexity index is 812. The Morgan fingerprint density at radius 2 is 1.70 bits per heavy atom. The number of amides is 3. The fraction of sp³-hybridized carbons (Fsp3) is 0.455. The van der Waals surface area contributed by atoms with E-state index in [2.05, 4.69) is 10.6 Å². The molecule has 0 aromatic heterocycles. The van der Waals surface area contributed by atoms with Crippen LogP contribution in [0.5, 0.6) is 0 Å². The molecular formula is C22H29N3O2. The Kier molecular flexibility index (Phi) is 5.68. The lowest BCUT2D eigenvalue weighted by molar-refractivity contribution is 0.0939. The van der Waals surface area contributed by atoms with Gasteiger partial charge in [-0.15, -0.1) is 0 Å². The second-order valence-electron chi connectivity index (χ2n) is 8.35. The van der Waals surface area contributed by atoms with E-state index in [-0.39, 0.29) is 17.5 Å². The molecule has 3 amide bonds. The second kappa shape index (κ2) is 7.99. The topological polar surface area (TPSA) is 61.4 Å². The quantitative estimate of drug-likeness (QED) is 0.867. The molecule has 0 saturated carbocycles. The summed E-state index contributed by atoms with van der Waals surface area (Å²) in [6, 6.07) is 13.7. The molecule has 2 aromatic rings. The lowest BCUT2D eigenvalue weighted by Crippen LogP contribution is -2.51. The highest BCUT2D eigenvalue weighted by Gasteiger charge is 2.25. The van der Waals surface area contributed by atoms with E-state index < -0.39 is 0 Å². The van der Waals surface area contributed by atoms with E-state index in [4.69, 9.17) is 0 Å². The van der Waals surface area contributed by atoms with Gasteiger partial charge >= 0.3 is 6.03 Å². The van der Waals surface area contributed by atoms with Gasteiger partial charge in [-0.05, 0) is 56.4 Å². The normalized spacial score (nSPS) is 15.6. The third-order valence-corrected chi connectivity index (χ3v) is 4.97. The average molecular weight is 367 g/mol. The number of carbonyl (C=O) groups is 2. The van der Waals surface area contributed by atoms with Gasteiger partial charge < -0.3 is 15.5 Å². The van der Waals surface area contributed by atoms with E-state index in [9.17, 15) is 9.59 Å². The Morgan fingerprint density at radius 1 is 1.04 bits per heavy atom. The Morgan fingerprint density at radius 3 is 2.41 bits per heavy atom. The smallest absolute Gasteiger partial charge is 0.317 e. The van der Waals surface area contributed by atoms with E-state index in [0.29, 0.717) is 12.5 Å². The van der Waals surface area contributed by atoms with Crippen LogP contribution in [0.4, 0.5) is 4.79 Å². The maximum absolute atomic E-state index is 12.6. The lowest BCUT2D eigenvalue weighted by Gasteiger charge is -2.34. The van der Waals surface area contributed by atoms with Gasteiger partial charge in [-0.25, -0.2) is 4.79 Å². The lowest BCUT2D eigenvalue weighted by atomic mass is 9.96. The zero-order valence-corrected chi connectivity index (χ0v) is 16.4. The van der Waals surface area contributed by atoms with Crippen LogP contribution >= 0.6 is 0 Å². The first kappa shape index (κ1) is 19.2. The molecule has 0 bridgehead atoms. The summed E-state index contributed by atoms with van der Waals surface area (Å²) in [7, 11) is 0. The van der Waals surface area contributed by atoms with Crippen LogP contribution in [0.15, 0.2) is 42.5 Å². The molecule has 1 heterocycles. The predicted octanol–water partition coefficient (Wildman–Crippen LogP) is 3.79. The number of hydrogen-bond acceptors (Lipinski definition) is 2. The first-order valence-corrected chi connectivity index (χ1v) is 9.66. The summed E-state index contributed by atoms with van der Waals surface area (Å²) in [5.41, 5.74) is 0.496. The molecule has 2 N–H and O–H groups in total. The van der Waals surface area contributed by atoms with Crippen molar-refractivity contribution in [3.63, 3.8) is 0 Å². The zero-order chi connectivity index (χ0) is 19.4. The molecule has 0 aliphatic carbocycles. The van der Waals surface area contributed by atoms with Gasteiger partial charge in [0.05, 0.1) is 0 Å². The number of rotatable bonds is 3. The molecule has 1 aliphatic heterocycles. The fourth-order valence-electron chi connectivity index (χ4n) is 3.50. The molecule has 0 spiro atoms. The molecule has 144 valence electrons. The van der Waals surface area contributed by atoms with Crippen molar-refractivity contribution in [3.8, 4) is 0 Å². The van der Waals surface area contributed by atoms with E-state index in [1.807, 2.05) is 68.1 Å². The minimum atomic E-state index is -0.222. The number of piperidine rings is 1. The number of hydrogen-bond donors (Lipinski definition) is 2. The van der Waals surface area contributed by atoms with Crippen LogP contribution < -0.4 is 10.6 Å². The van der Waals surface area contributed by atoms with Crippen LogP contribution in [-0.2, 0) is 0 Å². The molecule has 5 nitrogen and oxygen atoms in total. The SMILES string of the molecule is CC(C)(C)NC(=O)N1CCC(CNC(=O)c2cccc3ccccc23)CC1. The molecule has 0 atom stereocenters. The highest BCUT2D eigenvalue weighted by molar-refractivity contribution is 6.06. The van der Waals surface area contributed by atoms with Gasteiger partial charge in [0.25, 0.3) is 5.91 Å². The number of benzene rings is 2. The van der Waals surface area contributed by atoms with Crippen molar-refractivity contribution in [2.45, 2.75) is 39.2 Å². The van der Waals surface area contributed by atoms with Gasteiger partial charge in [-0.1, -0.05) is 36.4 Å². The molecule has 27 heavy (non-hydrogen) atoms. The summed E-state index contributed by atoms with van der Waals surface area (Å²) in [5, 5.41) is 8.15. The van der Waals surface area contributed by atoms with E-state index >= 15 is 0 Å². The minimum Gasteiger partial charge on any atom is -0.352 e. The second-order valence-corrected chi connectivity index (χ2v) is 8.35. The molecule has 0 unspecified atom stereocenters. The van der Waals surface area contributed by atoms with Crippen molar-refractivity contribution in [2.75, 3.05) is 19.6 Å². The monoisotopic (exact) mass is 367 g/mol. The van der Waals surface area contributed by atoms with Gasteiger partial charge in [0, 0.05) is 30.7 Å². The third kappa shape index (κ3) is 5.00. The van der Waals surface area contributed by atoms with Crippen molar-refractivity contribution in [1.82, 2.24) is 15.5 Å². The summed E-state index contributed by atoms with van der Waals surface area (Å²) in [6.07, 6.45) is 1.82. The molecular weight excluding hydrogens is 338 g/mol. The summed E-state index contributed by atoms with van der Waals surface area (Å²) in [4.78, 5) is 26.8. The summed E-state index contributed by atoms with van der Waals surface area (Å²) in [5.74, 6) is 0.377. The minimum absolute atomic E-state index is 0.000686. The van der Waals surface area contributed by atoms with Crippen molar-refractivity contribution < 1.29 is 9.59 Å². The van der Waals surface area contributed by atoms with Crippen LogP contribution in [0.1, 0.15) is 44.0 Å².